The van der Waals surface area contributed by atoms with Crippen molar-refractivity contribution in [1.29, 1.82) is 0 Å². The number of carbonyl (C=O) groups excluding carboxylic acids is 1. The van der Waals surface area contributed by atoms with Gasteiger partial charge in [0.1, 0.15) is 0 Å². The summed E-state index contributed by atoms with van der Waals surface area (Å²) in [6, 6.07) is 2.00. The second-order valence-corrected chi connectivity index (χ2v) is 4.03. The fourth-order valence-electron chi connectivity index (χ4n) is 0.775. The Morgan fingerprint density at radius 2 is 1.86 bits per heavy atom. The molecule has 0 saturated carbocycles. The molecule has 4 nitrogen and oxygen atoms in total. The highest BCUT2D eigenvalue weighted by molar-refractivity contribution is 7.90. The first-order valence-electron chi connectivity index (χ1n) is 3.38. The van der Waals surface area contributed by atoms with E-state index in [2.05, 4.69) is 0 Å². The van der Waals surface area contributed by atoms with E-state index in [9.17, 15) is 22.0 Å². The molecule has 0 radical (unpaired) electrons. The molecule has 1 N–H and O–H groups in total. The Morgan fingerprint density at radius 3 is 2.36 bits per heavy atom. The molecule has 7 heteroatoms. The van der Waals surface area contributed by atoms with Crippen LogP contribution in [0.5, 0.6) is 0 Å². The van der Waals surface area contributed by atoms with Gasteiger partial charge in [0.25, 0.3) is 10.0 Å². The van der Waals surface area contributed by atoms with Crippen LogP contribution in [0.4, 0.5) is 8.78 Å². The average Bonchev–Trinajstić information content (AvgIpc) is 2.09. The summed E-state index contributed by atoms with van der Waals surface area (Å²) in [6.07, 6.45) is -0.0589. The Balaban J connectivity index is 3.21. The molecule has 1 aromatic rings. The van der Waals surface area contributed by atoms with Crippen molar-refractivity contribution >= 4 is 16.4 Å². The molecule has 76 valence electrons. The van der Waals surface area contributed by atoms with Crippen LogP contribution in [0.1, 0.15) is 0 Å². The summed E-state index contributed by atoms with van der Waals surface area (Å²) in [4.78, 5) is 9.38. The van der Waals surface area contributed by atoms with Gasteiger partial charge in [-0.15, -0.1) is 0 Å². The van der Waals surface area contributed by atoms with Gasteiger partial charge in [-0.05, 0) is 18.2 Å². The van der Waals surface area contributed by atoms with E-state index in [1.807, 2.05) is 0 Å². The second kappa shape index (κ2) is 3.70. The van der Waals surface area contributed by atoms with E-state index in [0.717, 1.165) is 6.07 Å². The van der Waals surface area contributed by atoms with Crippen LogP contribution >= 0.6 is 0 Å². The minimum Gasteiger partial charge on any atom is -0.278 e. The molecule has 0 bridgehead atoms. The van der Waals surface area contributed by atoms with E-state index in [-0.39, 0.29) is 6.41 Å². The van der Waals surface area contributed by atoms with E-state index < -0.39 is 26.6 Å². The van der Waals surface area contributed by atoms with E-state index in [1.54, 1.807) is 0 Å². The monoisotopic (exact) mass is 221 g/mol. The molecule has 0 saturated heterocycles. The maximum atomic E-state index is 12.6. The first kappa shape index (κ1) is 10.6. The summed E-state index contributed by atoms with van der Waals surface area (Å²) in [6.45, 7) is 0. The van der Waals surface area contributed by atoms with Gasteiger partial charge < -0.3 is 0 Å². The third kappa shape index (κ3) is 2.05. The molecule has 1 amide bonds. The molecule has 0 atom stereocenters. The minimum absolute atomic E-state index is 0.0589. The van der Waals surface area contributed by atoms with E-state index in [0.29, 0.717) is 12.1 Å². The van der Waals surface area contributed by atoms with Crippen LogP contribution in [0, 0.1) is 11.6 Å². The normalized spacial score (nSPS) is 11.0. The topological polar surface area (TPSA) is 63.2 Å². The molecule has 0 aliphatic carbocycles. The molecule has 0 heterocycles. The lowest BCUT2D eigenvalue weighted by atomic mass is 10.3. The summed E-state index contributed by atoms with van der Waals surface area (Å²) in [5, 5.41) is 0. The van der Waals surface area contributed by atoms with E-state index >= 15 is 0 Å². The minimum atomic E-state index is -4.07. The van der Waals surface area contributed by atoms with Gasteiger partial charge in [0.2, 0.25) is 6.41 Å². The van der Waals surface area contributed by atoms with Gasteiger partial charge in [-0.2, -0.15) is 0 Å². The lowest BCUT2D eigenvalue weighted by Crippen LogP contribution is -2.21. The number of benzene rings is 1. The zero-order valence-corrected chi connectivity index (χ0v) is 7.51. The van der Waals surface area contributed by atoms with Crippen LogP contribution in [0.2, 0.25) is 0 Å². The fourth-order valence-corrected chi connectivity index (χ4v) is 1.54. The van der Waals surface area contributed by atoms with Crippen LogP contribution in [-0.2, 0) is 14.8 Å². The highest BCUT2D eigenvalue weighted by Gasteiger charge is 2.14. The molecule has 1 rings (SSSR count). The Kier molecular flexibility index (Phi) is 2.80. The molecular weight excluding hydrogens is 216 g/mol. The predicted molar refractivity (Wildman–Crippen MR) is 42.7 cm³/mol. The smallest absolute Gasteiger partial charge is 0.263 e. The first-order valence-corrected chi connectivity index (χ1v) is 4.87. The van der Waals surface area contributed by atoms with Crippen molar-refractivity contribution in [2.45, 2.75) is 4.90 Å². The summed E-state index contributed by atoms with van der Waals surface area (Å²) in [7, 11) is -4.07. The number of sulfonamides is 1. The molecule has 0 fully saturated rings. The van der Waals surface area contributed by atoms with E-state index in [4.69, 9.17) is 0 Å². The molecule has 0 aliphatic rings. The number of rotatable bonds is 3. The number of hydrogen-bond donors (Lipinski definition) is 1. The molecule has 0 spiro atoms. The van der Waals surface area contributed by atoms with Crippen LogP contribution in [0.3, 0.4) is 0 Å². The molecule has 14 heavy (non-hydrogen) atoms. The quantitative estimate of drug-likeness (QED) is 0.751. The summed E-state index contributed by atoms with van der Waals surface area (Å²) in [5.74, 6) is -2.45. The number of hydrogen-bond acceptors (Lipinski definition) is 3. The van der Waals surface area contributed by atoms with Gasteiger partial charge in [-0.3, -0.25) is 9.52 Å². The Bertz CT molecular complexity index is 458. The SMILES string of the molecule is O=CNS(=O)(=O)c1ccc(F)c(F)c1. The Morgan fingerprint density at radius 1 is 1.21 bits per heavy atom. The number of halogens is 2. The average molecular weight is 221 g/mol. The van der Waals surface area contributed by atoms with Gasteiger partial charge in [0.15, 0.2) is 11.6 Å². The summed E-state index contributed by atoms with van der Waals surface area (Å²) < 4.78 is 48.6. The maximum absolute atomic E-state index is 12.6. The number of carbonyl (C=O) groups is 1. The number of nitrogens with one attached hydrogen (secondary N) is 1. The standard InChI is InChI=1S/C7H5F2NO3S/c8-6-2-1-5(3-7(6)9)14(12,13)10-4-11/h1-4H,(H,10,11). The van der Waals surface area contributed by atoms with Gasteiger partial charge in [0.05, 0.1) is 4.90 Å². The van der Waals surface area contributed by atoms with Crippen LogP contribution in [0.25, 0.3) is 0 Å². The molecule has 0 aliphatic heterocycles. The zero-order valence-electron chi connectivity index (χ0n) is 6.70. The van der Waals surface area contributed by atoms with Crippen LogP contribution in [0.15, 0.2) is 23.1 Å². The summed E-state index contributed by atoms with van der Waals surface area (Å²) in [5.41, 5.74) is 0. The number of amides is 1. The zero-order chi connectivity index (χ0) is 10.8. The fraction of sp³-hybridized carbons (Fsp3) is 0. The molecule has 1 aromatic carbocycles. The van der Waals surface area contributed by atoms with Crippen molar-refractivity contribution in [2.24, 2.45) is 0 Å². The highest BCUT2D eigenvalue weighted by atomic mass is 32.2. The lowest BCUT2D eigenvalue weighted by molar-refractivity contribution is -0.108. The predicted octanol–water partition coefficient (Wildman–Crippen LogP) is 0.400. The van der Waals surface area contributed by atoms with Crippen molar-refractivity contribution in [3.8, 4) is 0 Å². The van der Waals surface area contributed by atoms with E-state index in [1.165, 1.54) is 4.72 Å². The molecule has 0 aromatic heterocycles. The van der Waals surface area contributed by atoms with Crippen molar-refractivity contribution in [3.05, 3.63) is 29.8 Å². The second-order valence-electron chi connectivity index (χ2n) is 2.32. The van der Waals surface area contributed by atoms with Crippen molar-refractivity contribution < 1.29 is 22.0 Å². The highest BCUT2D eigenvalue weighted by Crippen LogP contribution is 2.12. The Hall–Kier alpha value is -1.50. The van der Waals surface area contributed by atoms with Crippen molar-refractivity contribution in [1.82, 2.24) is 4.72 Å². The van der Waals surface area contributed by atoms with Gasteiger partial charge >= 0.3 is 0 Å². The van der Waals surface area contributed by atoms with Crippen molar-refractivity contribution in [3.63, 3.8) is 0 Å². The van der Waals surface area contributed by atoms with Gasteiger partial charge in [-0.1, -0.05) is 0 Å². The van der Waals surface area contributed by atoms with Crippen LogP contribution in [-0.4, -0.2) is 14.8 Å². The van der Waals surface area contributed by atoms with Crippen LogP contribution < -0.4 is 4.72 Å². The maximum Gasteiger partial charge on any atom is 0.263 e. The van der Waals surface area contributed by atoms with Crippen molar-refractivity contribution in [2.75, 3.05) is 0 Å². The third-order valence-corrected chi connectivity index (χ3v) is 2.69. The Labute approximate surface area is 78.6 Å². The third-order valence-electron chi connectivity index (χ3n) is 1.40. The van der Waals surface area contributed by atoms with Gasteiger partial charge in [0, 0.05) is 0 Å². The van der Waals surface area contributed by atoms with Gasteiger partial charge in [-0.25, -0.2) is 17.2 Å². The summed E-state index contributed by atoms with van der Waals surface area (Å²) >= 11 is 0. The first-order chi connectivity index (χ1) is 6.47. The molecular formula is C7H5F2NO3S. The lowest BCUT2D eigenvalue weighted by Gasteiger charge is -2.01. The molecule has 0 unspecified atom stereocenters. The largest absolute Gasteiger partial charge is 0.278 e.